The van der Waals surface area contributed by atoms with Gasteiger partial charge in [-0.1, -0.05) is 55.5 Å². The monoisotopic (exact) mass is 438 g/mol. The lowest BCUT2D eigenvalue weighted by Crippen LogP contribution is -2.29. The van der Waals surface area contributed by atoms with Crippen molar-refractivity contribution in [1.82, 2.24) is 5.32 Å². The van der Waals surface area contributed by atoms with Crippen LogP contribution in [-0.4, -0.2) is 14.3 Å². The number of nitroso groups, excluding NO2 is 1. The van der Waals surface area contributed by atoms with Gasteiger partial charge in [0.1, 0.15) is 4.90 Å². The summed E-state index contributed by atoms with van der Waals surface area (Å²) in [5, 5.41) is 5.68. The average Bonchev–Trinajstić information content (AvgIpc) is 2.77. The zero-order chi connectivity index (χ0) is 22.4. The van der Waals surface area contributed by atoms with E-state index in [1.54, 1.807) is 12.1 Å². The van der Waals surface area contributed by atoms with Crippen molar-refractivity contribution in [2.75, 3.05) is 10.5 Å². The summed E-state index contributed by atoms with van der Waals surface area (Å²) >= 11 is 0. The van der Waals surface area contributed by atoms with Crippen LogP contribution >= 0.6 is 0 Å². The Balaban J connectivity index is 1.91. The predicted octanol–water partition coefficient (Wildman–Crippen LogP) is 4.35. The van der Waals surface area contributed by atoms with Crippen LogP contribution in [0, 0.1) is 4.91 Å². The van der Waals surface area contributed by atoms with Gasteiger partial charge in [-0.3, -0.25) is 9.52 Å². The zero-order valence-corrected chi connectivity index (χ0v) is 17.6. The number of rotatable bonds is 8. The van der Waals surface area contributed by atoms with Gasteiger partial charge in [0.05, 0.1) is 23.0 Å². The molecule has 0 aliphatic heterocycles. The van der Waals surface area contributed by atoms with E-state index in [9.17, 15) is 18.1 Å². The van der Waals surface area contributed by atoms with Crippen molar-refractivity contribution < 1.29 is 13.2 Å². The van der Waals surface area contributed by atoms with Gasteiger partial charge in [0.2, 0.25) is 0 Å². The molecule has 0 aliphatic rings. The topological polar surface area (TPSA) is 131 Å². The minimum atomic E-state index is -4.22. The minimum absolute atomic E-state index is 0.0578. The number of hydrogen-bond donors (Lipinski definition) is 3. The van der Waals surface area contributed by atoms with Crippen molar-refractivity contribution in [3.8, 4) is 0 Å². The molecule has 9 heteroatoms. The van der Waals surface area contributed by atoms with E-state index in [1.807, 2.05) is 37.3 Å². The molecule has 3 aromatic rings. The summed E-state index contributed by atoms with van der Waals surface area (Å²) in [4.78, 5) is 23.7. The van der Waals surface area contributed by atoms with E-state index < -0.39 is 15.9 Å². The van der Waals surface area contributed by atoms with Gasteiger partial charge in [-0.25, -0.2) is 8.42 Å². The first-order valence-electron chi connectivity index (χ1n) is 9.57. The van der Waals surface area contributed by atoms with E-state index in [1.165, 1.54) is 30.3 Å². The molecular formula is C22H22N4O4S. The normalized spacial score (nSPS) is 12.0. The molecule has 0 heterocycles. The zero-order valence-electron chi connectivity index (χ0n) is 16.8. The molecule has 0 radical (unpaired) electrons. The van der Waals surface area contributed by atoms with Crippen molar-refractivity contribution >= 4 is 33.0 Å². The first kappa shape index (κ1) is 22.0. The SMILES string of the molecule is CC[C@H](NC(=O)c1ccccc1NS(=O)(=O)c1cccc(N)c1N=O)c1ccccc1. The largest absolute Gasteiger partial charge is 0.397 e. The number of nitrogens with two attached hydrogens (primary N) is 1. The molecular weight excluding hydrogens is 416 g/mol. The summed E-state index contributed by atoms with van der Waals surface area (Å²) < 4.78 is 28.2. The summed E-state index contributed by atoms with van der Waals surface area (Å²) in [5.41, 5.74) is 6.39. The summed E-state index contributed by atoms with van der Waals surface area (Å²) in [6.07, 6.45) is 0.654. The molecule has 4 N–H and O–H groups in total. The highest BCUT2D eigenvalue weighted by molar-refractivity contribution is 7.92. The molecule has 0 aliphatic carbocycles. The number of anilines is 2. The fourth-order valence-electron chi connectivity index (χ4n) is 3.17. The Morgan fingerprint density at radius 2 is 1.68 bits per heavy atom. The van der Waals surface area contributed by atoms with Crippen molar-refractivity contribution in [3.05, 3.63) is 88.8 Å². The molecule has 0 saturated carbocycles. The lowest BCUT2D eigenvalue weighted by Gasteiger charge is -2.19. The van der Waals surface area contributed by atoms with Crippen molar-refractivity contribution in [3.63, 3.8) is 0 Å². The molecule has 0 aromatic heterocycles. The Kier molecular flexibility index (Phi) is 6.66. The van der Waals surface area contributed by atoms with Gasteiger partial charge in [0.25, 0.3) is 15.9 Å². The number of nitrogens with zero attached hydrogens (tertiary/aromatic N) is 1. The fraction of sp³-hybridized carbons (Fsp3) is 0.136. The van der Waals surface area contributed by atoms with Crippen LogP contribution in [0.5, 0.6) is 0 Å². The standard InChI is InChI=1S/C22H22N4O4S/c1-2-18(15-9-4-3-5-10-15)24-22(27)16-11-6-7-13-19(16)26-31(29,30)20-14-8-12-17(23)21(20)25-28/h3-14,18,26H,2,23H2,1H3,(H,24,27)/t18-/m0/s1. The quantitative estimate of drug-likeness (QED) is 0.355. The van der Waals surface area contributed by atoms with Crippen LogP contribution in [0.3, 0.4) is 0 Å². The molecule has 0 bridgehead atoms. The van der Waals surface area contributed by atoms with Crippen LogP contribution in [-0.2, 0) is 10.0 Å². The number of para-hydroxylation sites is 1. The minimum Gasteiger partial charge on any atom is -0.397 e. The molecule has 3 aromatic carbocycles. The Labute approximate surface area is 180 Å². The third-order valence-electron chi connectivity index (χ3n) is 4.74. The average molecular weight is 439 g/mol. The molecule has 0 fully saturated rings. The molecule has 160 valence electrons. The van der Waals surface area contributed by atoms with Crippen LogP contribution in [0.2, 0.25) is 0 Å². The van der Waals surface area contributed by atoms with Crippen LogP contribution in [0.25, 0.3) is 0 Å². The summed E-state index contributed by atoms with van der Waals surface area (Å²) in [6, 6.07) is 19.5. The van der Waals surface area contributed by atoms with Gasteiger partial charge < -0.3 is 11.1 Å². The highest BCUT2D eigenvalue weighted by Gasteiger charge is 2.24. The molecule has 1 atom stereocenters. The third-order valence-corrected chi connectivity index (χ3v) is 6.14. The lowest BCUT2D eigenvalue weighted by atomic mass is 10.0. The predicted molar refractivity (Wildman–Crippen MR) is 121 cm³/mol. The highest BCUT2D eigenvalue weighted by atomic mass is 32.2. The second-order valence-electron chi connectivity index (χ2n) is 6.78. The molecule has 0 spiro atoms. The molecule has 1 amide bonds. The molecule has 8 nitrogen and oxygen atoms in total. The Hall–Kier alpha value is -3.72. The smallest absolute Gasteiger partial charge is 0.264 e. The van der Waals surface area contributed by atoms with Crippen molar-refractivity contribution in [2.24, 2.45) is 5.18 Å². The van der Waals surface area contributed by atoms with Gasteiger partial charge in [-0.15, -0.1) is 4.91 Å². The maximum absolute atomic E-state index is 13.0. The Morgan fingerprint density at radius 3 is 2.35 bits per heavy atom. The van der Waals surface area contributed by atoms with Crippen LogP contribution < -0.4 is 15.8 Å². The number of carbonyl (C=O) groups is 1. The number of nitrogen functional groups attached to an aromatic ring is 1. The van der Waals surface area contributed by atoms with E-state index in [4.69, 9.17) is 5.73 Å². The third kappa shape index (κ3) is 4.89. The molecule has 31 heavy (non-hydrogen) atoms. The van der Waals surface area contributed by atoms with Gasteiger partial charge in [-0.05, 0) is 41.4 Å². The Bertz CT molecular complexity index is 1200. The Morgan fingerprint density at radius 1 is 1.00 bits per heavy atom. The van der Waals surface area contributed by atoms with Gasteiger partial charge >= 0.3 is 0 Å². The van der Waals surface area contributed by atoms with Gasteiger partial charge in [0, 0.05) is 0 Å². The maximum Gasteiger partial charge on any atom is 0.264 e. The van der Waals surface area contributed by atoms with Crippen molar-refractivity contribution in [1.29, 1.82) is 0 Å². The van der Waals surface area contributed by atoms with E-state index in [2.05, 4.69) is 15.2 Å². The first-order chi connectivity index (χ1) is 14.9. The first-order valence-corrected chi connectivity index (χ1v) is 11.0. The number of hydrogen-bond acceptors (Lipinski definition) is 6. The van der Waals surface area contributed by atoms with Crippen LogP contribution in [0.4, 0.5) is 17.1 Å². The van der Waals surface area contributed by atoms with Crippen molar-refractivity contribution in [2.45, 2.75) is 24.3 Å². The number of amides is 1. The van der Waals surface area contributed by atoms with Gasteiger partial charge in [0.15, 0.2) is 5.69 Å². The van der Waals surface area contributed by atoms with Gasteiger partial charge in [-0.2, -0.15) is 0 Å². The number of benzene rings is 3. The molecule has 0 unspecified atom stereocenters. The number of nitrogens with one attached hydrogen (secondary N) is 2. The summed E-state index contributed by atoms with van der Waals surface area (Å²) in [5.74, 6) is -0.435. The summed E-state index contributed by atoms with van der Waals surface area (Å²) in [7, 11) is -4.22. The second-order valence-corrected chi connectivity index (χ2v) is 8.43. The fourth-order valence-corrected chi connectivity index (χ4v) is 4.41. The summed E-state index contributed by atoms with van der Waals surface area (Å²) in [6.45, 7) is 1.94. The van der Waals surface area contributed by atoms with Crippen LogP contribution in [0.15, 0.2) is 82.9 Å². The second kappa shape index (κ2) is 9.40. The number of carbonyl (C=O) groups excluding carboxylic acids is 1. The highest BCUT2D eigenvalue weighted by Crippen LogP contribution is 2.32. The maximum atomic E-state index is 13.0. The number of sulfonamides is 1. The van der Waals surface area contributed by atoms with E-state index in [0.717, 1.165) is 5.56 Å². The molecule has 3 rings (SSSR count). The van der Waals surface area contributed by atoms with E-state index in [0.29, 0.717) is 6.42 Å². The lowest BCUT2D eigenvalue weighted by molar-refractivity contribution is 0.0936. The van der Waals surface area contributed by atoms with E-state index in [-0.39, 0.29) is 33.6 Å². The molecule has 0 saturated heterocycles. The van der Waals surface area contributed by atoms with Crippen LogP contribution in [0.1, 0.15) is 35.3 Å². The van der Waals surface area contributed by atoms with E-state index >= 15 is 0 Å².